The minimum absolute atomic E-state index is 0.146. The molecule has 1 amide bonds. The Hall–Kier alpha value is -1.07. The molecule has 5 heteroatoms. The van der Waals surface area contributed by atoms with Gasteiger partial charge in [0, 0.05) is 11.4 Å². The molecular weight excluding hydrogens is 229 g/mol. The van der Waals surface area contributed by atoms with Crippen molar-refractivity contribution in [3.63, 3.8) is 0 Å². The van der Waals surface area contributed by atoms with Crippen molar-refractivity contribution in [2.75, 3.05) is 12.3 Å². The molecule has 0 heterocycles. The number of halogens is 1. The first kappa shape index (κ1) is 13.0. The molecule has 1 unspecified atom stereocenters. The van der Waals surface area contributed by atoms with Crippen LogP contribution < -0.4 is 5.32 Å². The summed E-state index contributed by atoms with van der Waals surface area (Å²) in [7, 11) is 0. The Kier molecular flexibility index (Phi) is 5.28. The van der Waals surface area contributed by atoms with E-state index < -0.39 is 6.10 Å². The first-order valence-corrected chi connectivity index (χ1v) is 5.90. The Morgan fingerprint density at radius 2 is 2.25 bits per heavy atom. The third-order valence-electron chi connectivity index (χ3n) is 1.79. The second kappa shape index (κ2) is 6.50. The van der Waals surface area contributed by atoms with Gasteiger partial charge in [-0.05, 0) is 19.1 Å². The summed E-state index contributed by atoms with van der Waals surface area (Å²) < 4.78 is 13.2. The van der Waals surface area contributed by atoms with Crippen LogP contribution in [0.1, 0.15) is 6.92 Å². The number of benzene rings is 1. The van der Waals surface area contributed by atoms with Crippen molar-refractivity contribution in [1.82, 2.24) is 5.32 Å². The van der Waals surface area contributed by atoms with E-state index in [9.17, 15) is 9.18 Å². The summed E-state index contributed by atoms with van der Waals surface area (Å²) in [6, 6.07) is 6.31. The predicted octanol–water partition coefficient (Wildman–Crippen LogP) is 1.41. The van der Waals surface area contributed by atoms with Gasteiger partial charge in [0.05, 0.1) is 11.9 Å². The summed E-state index contributed by atoms with van der Waals surface area (Å²) in [6.45, 7) is 1.81. The molecule has 0 aliphatic heterocycles. The van der Waals surface area contributed by atoms with Crippen LogP contribution in [0.5, 0.6) is 0 Å². The molecule has 88 valence electrons. The van der Waals surface area contributed by atoms with Crippen molar-refractivity contribution >= 4 is 17.7 Å². The third kappa shape index (κ3) is 4.63. The lowest BCUT2D eigenvalue weighted by Crippen LogP contribution is -2.31. The second-order valence-electron chi connectivity index (χ2n) is 3.37. The van der Waals surface area contributed by atoms with Gasteiger partial charge in [-0.15, -0.1) is 11.8 Å². The number of rotatable bonds is 5. The summed E-state index contributed by atoms with van der Waals surface area (Å²) in [6.07, 6.45) is -0.567. The normalized spacial score (nSPS) is 12.2. The SMILES string of the molecule is CC(O)CNC(=O)CSc1ccccc1F. The number of nitrogens with one attached hydrogen (secondary N) is 1. The van der Waals surface area contributed by atoms with Crippen molar-refractivity contribution in [3.05, 3.63) is 30.1 Å². The molecule has 3 nitrogen and oxygen atoms in total. The van der Waals surface area contributed by atoms with E-state index in [1.54, 1.807) is 25.1 Å². The smallest absolute Gasteiger partial charge is 0.230 e. The Balaban J connectivity index is 2.35. The van der Waals surface area contributed by atoms with Crippen LogP contribution >= 0.6 is 11.8 Å². The molecule has 0 saturated heterocycles. The molecular formula is C11H14FNO2S. The minimum atomic E-state index is -0.567. The van der Waals surface area contributed by atoms with Crippen LogP contribution in [0.3, 0.4) is 0 Å². The van der Waals surface area contributed by atoms with Gasteiger partial charge in [0.1, 0.15) is 5.82 Å². The predicted molar refractivity (Wildman–Crippen MR) is 61.8 cm³/mol. The van der Waals surface area contributed by atoms with E-state index in [0.717, 1.165) is 11.8 Å². The van der Waals surface area contributed by atoms with Gasteiger partial charge in [0.2, 0.25) is 5.91 Å². The van der Waals surface area contributed by atoms with Gasteiger partial charge < -0.3 is 10.4 Å². The van der Waals surface area contributed by atoms with Crippen molar-refractivity contribution in [1.29, 1.82) is 0 Å². The Labute approximate surface area is 98.1 Å². The van der Waals surface area contributed by atoms with E-state index in [0.29, 0.717) is 4.90 Å². The number of aliphatic hydroxyl groups excluding tert-OH is 1. The summed E-state index contributed by atoms with van der Waals surface area (Å²) in [5.41, 5.74) is 0. The summed E-state index contributed by atoms with van der Waals surface area (Å²) in [5.74, 6) is -0.391. The van der Waals surface area contributed by atoms with Gasteiger partial charge in [-0.1, -0.05) is 12.1 Å². The monoisotopic (exact) mass is 243 g/mol. The standard InChI is InChI=1S/C11H14FNO2S/c1-8(14)6-13-11(15)7-16-10-5-3-2-4-9(10)12/h2-5,8,14H,6-7H2,1H3,(H,13,15). The van der Waals surface area contributed by atoms with Gasteiger partial charge in [0.25, 0.3) is 0 Å². The van der Waals surface area contributed by atoms with Crippen LogP contribution in [0.25, 0.3) is 0 Å². The van der Waals surface area contributed by atoms with E-state index in [2.05, 4.69) is 5.32 Å². The summed E-state index contributed by atoms with van der Waals surface area (Å²) >= 11 is 1.14. The zero-order chi connectivity index (χ0) is 12.0. The fourth-order valence-corrected chi connectivity index (χ4v) is 1.79. The first-order chi connectivity index (χ1) is 7.59. The van der Waals surface area contributed by atoms with Gasteiger partial charge in [-0.25, -0.2) is 4.39 Å². The van der Waals surface area contributed by atoms with Crippen molar-refractivity contribution < 1.29 is 14.3 Å². The summed E-state index contributed by atoms with van der Waals surface area (Å²) in [5, 5.41) is 11.5. The molecule has 0 aliphatic rings. The quantitative estimate of drug-likeness (QED) is 0.769. The lowest BCUT2D eigenvalue weighted by molar-refractivity contribution is -0.118. The van der Waals surface area contributed by atoms with Crippen LogP contribution in [0.15, 0.2) is 29.2 Å². The van der Waals surface area contributed by atoms with Crippen molar-refractivity contribution in [2.45, 2.75) is 17.9 Å². The second-order valence-corrected chi connectivity index (χ2v) is 4.39. The molecule has 0 aliphatic carbocycles. The van der Waals surface area contributed by atoms with Crippen LogP contribution in [-0.2, 0) is 4.79 Å². The lowest BCUT2D eigenvalue weighted by atomic mass is 10.3. The summed E-state index contributed by atoms with van der Waals surface area (Å²) in [4.78, 5) is 11.7. The van der Waals surface area contributed by atoms with Crippen LogP contribution in [-0.4, -0.2) is 29.4 Å². The van der Waals surface area contributed by atoms with Gasteiger partial charge in [-0.2, -0.15) is 0 Å². The Morgan fingerprint density at radius 1 is 1.56 bits per heavy atom. The number of carbonyl (C=O) groups excluding carboxylic acids is 1. The largest absolute Gasteiger partial charge is 0.392 e. The van der Waals surface area contributed by atoms with Crippen molar-refractivity contribution in [3.8, 4) is 0 Å². The molecule has 0 fully saturated rings. The Morgan fingerprint density at radius 3 is 2.88 bits per heavy atom. The van der Waals surface area contributed by atoms with E-state index in [1.165, 1.54) is 6.07 Å². The van der Waals surface area contributed by atoms with E-state index in [4.69, 9.17) is 5.11 Å². The highest BCUT2D eigenvalue weighted by molar-refractivity contribution is 8.00. The molecule has 0 spiro atoms. The van der Waals surface area contributed by atoms with Crippen LogP contribution in [0, 0.1) is 5.82 Å². The first-order valence-electron chi connectivity index (χ1n) is 4.91. The molecule has 1 aromatic rings. The lowest BCUT2D eigenvalue weighted by Gasteiger charge is -2.07. The minimum Gasteiger partial charge on any atom is -0.392 e. The van der Waals surface area contributed by atoms with Gasteiger partial charge in [0.15, 0.2) is 0 Å². The van der Waals surface area contributed by atoms with E-state index in [1.807, 2.05) is 0 Å². The number of carbonyl (C=O) groups is 1. The molecule has 0 aromatic heterocycles. The zero-order valence-electron chi connectivity index (χ0n) is 8.94. The number of hydrogen-bond donors (Lipinski definition) is 2. The Bertz CT molecular complexity index is 358. The number of thioether (sulfide) groups is 1. The molecule has 1 aromatic carbocycles. The zero-order valence-corrected chi connectivity index (χ0v) is 9.76. The maximum atomic E-state index is 13.2. The van der Waals surface area contributed by atoms with Gasteiger partial charge in [-0.3, -0.25) is 4.79 Å². The number of hydrogen-bond acceptors (Lipinski definition) is 3. The highest BCUT2D eigenvalue weighted by Crippen LogP contribution is 2.20. The third-order valence-corrected chi connectivity index (χ3v) is 2.84. The number of amides is 1. The molecule has 1 atom stereocenters. The molecule has 0 radical (unpaired) electrons. The topological polar surface area (TPSA) is 49.3 Å². The van der Waals surface area contributed by atoms with E-state index in [-0.39, 0.29) is 24.0 Å². The fourth-order valence-electron chi connectivity index (χ4n) is 1.02. The van der Waals surface area contributed by atoms with Crippen molar-refractivity contribution in [2.24, 2.45) is 0 Å². The molecule has 0 saturated carbocycles. The molecule has 2 N–H and O–H groups in total. The highest BCUT2D eigenvalue weighted by Gasteiger charge is 2.06. The number of aliphatic hydroxyl groups is 1. The molecule has 0 bridgehead atoms. The molecule has 1 rings (SSSR count). The highest BCUT2D eigenvalue weighted by atomic mass is 32.2. The van der Waals surface area contributed by atoms with E-state index >= 15 is 0 Å². The van der Waals surface area contributed by atoms with Gasteiger partial charge >= 0.3 is 0 Å². The van der Waals surface area contributed by atoms with Crippen LogP contribution in [0.4, 0.5) is 4.39 Å². The fraction of sp³-hybridized carbons (Fsp3) is 0.364. The molecule has 16 heavy (non-hydrogen) atoms. The average molecular weight is 243 g/mol. The maximum Gasteiger partial charge on any atom is 0.230 e. The maximum absolute atomic E-state index is 13.2. The average Bonchev–Trinajstić information content (AvgIpc) is 2.25. The van der Waals surface area contributed by atoms with Crippen LogP contribution in [0.2, 0.25) is 0 Å².